The largest absolute Gasteiger partial charge is 0.491 e. The normalized spacial score (nSPS) is 29.8. The molecule has 1 saturated heterocycles. The van der Waals surface area contributed by atoms with Gasteiger partial charge < -0.3 is 9.47 Å². The SMILES string of the molecule is CC=CC1CCC(C2CCC(c3ccc(OCC)c(F)c3F)CC2)OC1. The maximum absolute atomic E-state index is 14.5. The van der Waals surface area contributed by atoms with Crippen LogP contribution in [0.25, 0.3) is 0 Å². The third-order valence-corrected chi connectivity index (χ3v) is 5.93. The molecule has 0 radical (unpaired) electrons. The molecule has 26 heavy (non-hydrogen) atoms. The number of rotatable bonds is 5. The van der Waals surface area contributed by atoms with Gasteiger partial charge in [0.15, 0.2) is 11.6 Å². The van der Waals surface area contributed by atoms with Gasteiger partial charge in [-0.3, -0.25) is 0 Å². The fraction of sp³-hybridized carbons (Fsp3) is 0.636. The summed E-state index contributed by atoms with van der Waals surface area (Å²) in [5, 5.41) is 0. The van der Waals surface area contributed by atoms with Crippen molar-refractivity contribution in [2.45, 2.75) is 64.4 Å². The molecule has 3 rings (SSSR count). The fourth-order valence-electron chi connectivity index (χ4n) is 4.52. The van der Waals surface area contributed by atoms with E-state index in [2.05, 4.69) is 19.1 Å². The Kier molecular flexibility index (Phi) is 6.68. The lowest BCUT2D eigenvalue weighted by molar-refractivity contribution is -0.0471. The average Bonchev–Trinajstić information content (AvgIpc) is 2.67. The molecule has 1 saturated carbocycles. The summed E-state index contributed by atoms with van der Waals surface area (Å²) in [5.74, 6) is -0.383. The van der Waals surface area contributed by atoms with E-state index in [4.69, 9.17) is 9.47 Å². The van der Waals surface area contributed by atoms with Gasteiger partial charge in [0.05, 0.1) is 19.3 Å². The minimum absolute atomic E-state index is 0.00808. The van der Waals surface area contributed by atoms with E-state index in [1.54, 1.807) is 19.1 Å². The van der Waals surface area contributed by atoms with Crippen molar-refractivity contribution in [2.75, 3.05) is 13.2 Å². The lowest BCUT2D eigenvalue weighted by atomic mass is 9.75. The standard InChI is InChI=1S/C22H30F2O2/c1-3-5-15-6-12-19(26-14-15)17-9-7-16(8-10-17)18-11-13-20(25-4-2)22(24)21(18)23/h3,5,11,13,15-17,19H,4,6-10,12,14H2,1-2H3. The summed E-state index contributed by atoms with van der Waals surface area (Å²) in [6.07, 6.45) is 10.8. The highest BCUT2D eigenvalue weighted by Gasteiger charge is 2.32. The highest BCUT2D eigenvalue weighted by atomic mass is 19.2. The van der Waals surface area contributed by atoms with Crippen LogP contribution in [0, 0.1) is 23.5 Å². The molecule has 4 heteroatoms. The van der Waals surface area contributed by atoms with Gasteiger partial charge in [-0.15, -0.1) is 0 Å². The summed E-state index contributed by atoms with van der Waals surface area (Å²) < 4.78 is 39.8. The predicted molar refractivity (Wildman–Crippen MR) is 99.5 cm³/mol. The van der Waals surface area contributed by atoms with Crippen molar-refractivity contribution >= 4 is 0 Å². The second-order valence-electron chi connectivity index (χ2n) is 7.56. The van der Waals surface area contributed by atoms with E-state index in [-0.39, 0.29) is 11.7 Å². The summed E-state index contributed by atoms with van der Waals surface area (Å²) in [4.78, 5) is 0. The molecule has 2 unspecified atom stereocenters. The first-order chi connectivity index (χ1) is 12.6. The Labute approximate surface area is 155 Å². The summed E-state index contributed by atoms with van der Waals surface area (Å²) in [6.45, 7) is 4.96. The van der Waals surface area contributed by atoms with Crippen LogP contribution in [-0.4, -0.2) is 19.3 Å². The summed E-state index contributed by atoms with van der Waals surface area (Å²) in [7, 11) is 0. The van der Waals surface area contributed by atoms with Crippen molar-refractivity contribution in [1.29, 1.82) is 0 Å². The highest BCUT2D eigenvalue weighted by molar-refractivity contribution is 5.33. The van der Waals surface area contributed by atoms with Crippen LogP contribution in [0.2, 0.25) is 0 Å². The minimum atomic E-state index is -0.850. The van der Waals surface area contributed by atoms with Crippen molar-refractivity contribution in [3.05, 3.63) is 41.5 Å². The molecule has 0 spiro atoms. The van der Waals surface area contributed by atoms with Gasteiger partial charge in [0.1, 0.15) is 0 Å². The Balaban J connectivity index is 1.57. The molecular weight excluding hydrogens is 334 g/mol. The summed E-state index contributed by atoms with van der Waals surface area (Å²) in [6, 6.07) is 3.27. The summed E-state index contributed by atoms with van der Waals surface area (Å²) >= 11 is 0. The second kappa shape index (κ2) is 8.98. The van der Waals surface area contributed by atoms with E-state index in [0.29, 0.717) is 30.1 Å². The van der Waals surface area contributed by atoms with Crippen LogP contribution in [0.3, 0.4) is 0 Å². The van der Waals surface area contributed by atoms with Gasteiger partial charge in [-0.2, -0.15) is 4.39 Å². The monoisotopic (exact) mass is 364 g/mol. The smallest absolute Gasteiger partial charge is 0.200 e. The van der Waals surface area contributed by atoms with Crippen molar-refractivity contribution < 1.29 is 18.3 Å². The molecule has 144 valence electrons. The average molecular weight is 364 g/mol. The molecule has 1 aromatic carbocycles. The zero-order chi connectivity index (χ0) is 18.5. The Bertz CT molecular complexity index is 613. The fourth-order valence-corrected chi connectivity index (χ4v) is 4.52. The van der Waals surface area contributed by atoms with Crippen molar-refractivity contribution in [1.82, 2.24) is 0 Å². The first-order valence-electron chi connectivity index (χ1n) is 9.99. The number of allylic oxidation sites excluding steroid dienone is 1. The molecule has 2 atom stereocenters. The number of halogens is 2. The molecular formula is C22H30F2O2. The molecule has 0 amide bonds. The van der Waals surface area contributed by atoms with E-state index >= 15 is 0 Å². The first-order valence-corrected chi connectivity index (χ1v) is 9.99. The van der Waals surface area contributed by atoms with E-state index in [9.17, 15) is 8.78 Å². The topological polar surface area (TPSA) is 18.5 Å². The van der Waals surface area contributed by atoms with E-state index in [1.807, 2.05) is 0 Å². The molecule has 2 fully saturated rings. The predicted octanol–water partition coefficient (Wildman–Crippen LogP) is 6.01. The van der Waals surface area contributed by atoms with Gasteiger partial charge in [-0.25, -0.2) is 4.39 Å². The first kappa shape index (κ1) is 19.3. The van der Waals surface area contributed by atoms with Crippen LogP contribution in [0.1, 0.15) is 63.9 Å². The Morgan fingerprint density at radius 1 is 1.08 bits per heavy atom. The van der Waals surface area contributed by atoms with Crippen molar-refractivity contribution in [3.8, 4) is 5.75 Å². The van der Waals surface area contributed by atoms with Crippen LogP contribution in [0.4, 0.5) is 8.78 Å². The van der Waals surface area contributed by atoms with Gasteiger partial charge in [-0.1, -0.05) is 18.2 Å². The number of benzene rings is 1. The van der Waals surface area contributed by atoms with E-state index in [1.165, 1.54) is 6.42 Å². The molecule has 0 bridgehead atoms. The molecule has 1 aliphatic heterocycles. The molecule has 2 aliphatic rings. The Hall–Kier alpha value is -1.42. The Morgan fingerprint density at radius 3 is 2.46 bits per heavy atom. The quantitative estimate of drug-likeness (QED) is 0.596. The third-order valence-electron chi connectivity index (χ3n) is 5.93. The lowest BCUT2D eigenvalue weighted by Crippen LogP contribution is -2.33. The number of ether oxygens (including phenoxy) is 2. The van der Waals surface area contributed by atoms with E-state index in [0.717, 1.165) is 38.7 Å². The zero-order valence-corrected chi connectivity index (χ0v) is 15.8. The molecule has 1 aliphatic carbocycles. The third kappa shape index (κ3) is 4.28. The maximum atomic E-state index is 14.5. The molecule has 2 nitrogen and oxygen atoms in total. The van der Waals surface area contributed by atoms with Crippen molar-refractivity contribution in [3.63, 3.8) is 0 Å². The minimum Gasteiger partial charge on any atom is -0.491 e. The number of hydrogen-bond donors (Lipinski definition) is 0. The van der Waals surface area contributed by atoms with Gasteiger partial charge in [0.2, 0.25) is 5.82 Å². The Morgan fingerprint density at radius 2 is 1.85 bits per heavy atom. The van der Waals surface area contributed by atoms with Crippen LogP contribution >= 0.6 is 0 Å². The van der Waals surface area contributed by atoms with Gasteiger partial charge in [-0.05, 0) is 75.8 Å². The van der Waals surface area contributed by atoms with Crippen molar-refractivity contribution in [2.24, 2.45) is 11.8 Å². The maximum Gasteiger partial charge on any atom is 0.200 e. The molecule has 1 aromatic rings. The number of hydrogen-bond acceptors (Lipinski definition) is 2. The molecule has 0 aromatic heterocycles. The summed E-state index contributed by atoms with van der Waals surface area (Å²) in [5.41, 5.74) is 0.502. The molecule has 1 heterocycles. The highest BCUT2D eigenvalue weighted by Crippen LogP contribution is 2.41. The van der Waals surface area contributed by atoms with Gasteiger partial charge in [0, 0.05) is 5.92 Å². The second-order valence-corrected chi connectivity index (χ2v) is 7.56. The van der Waals surface area contributed by atoms with Crippen LogP contribution in [-0.2, 0) is 4.74 Å². The van der Waals surface area contributed by atoms with Gasteiger partial charge in [0.25, 0.3) is 0 Å². The van der Waals surface area contributed by atoms with Gasteiger partial charge >= 0.3 is 0 Å². The molecule has 0 N–H and O–H groups in total. The van der Waals surface area contributed by atoms with Crippen LogP contribution < -0.4 is 4.74 Å². The van der Waals surface area contributed by atoms with Crippen LogP contribution in [0.15, 0.2) is 24.3 Å². The van der Waals surface area contributed by atoms with Crippen LogP contribution in [0.5, 0.6) is 5.75 Å². The van der Waals surface area contributed by atoms with E-state index < -0.39 is 11.6 Å². The zero-order valence-electron chi connectivity index (χ0n) is 15.8. The lowest BCUT2D eigenvalue weighted by Gasteiger charge is -2.37.